The molecular formula is C20H28N6O3. The molecular weight excluding hydrogens is 372 g/mol. The summed E-state index contributed by atoms with van der Waals surface area (Å²) >= 11 is 0. The Hall–Kier alpha value is -2.65. The minimum Gasteiger partial charge on any atom is -0.490 e. The molecule has 2 aliphatic rings. The molecule has 0 atom stereocenters. The Bertz CT molecular complexity index is 869. The van der Waals surface area contributed by atoms with E-state index < -0.39 is 0 Å². The fraction of sp³-hybridized carbons (Fsp3) is 0.550. The maximum atomic E-state index is 11.6. The minimum atomic E-state index is -0.390. The Morgan fingerprint density at radius 3 is 2.52 bits per heavy atom. The van der Waals surface area contributed by atoms with Crippen molar-refractivity contribution in [2.24, 2.45) is 7.05 Å². The Labute approximate surface area is 170 Å². The van der Waals surface area contributed by atoms with Crippen molar-refractivity contribution in [1.82, 2.24) is 20.0 Å². The number of nitrogens with one attached hydrogen (secondary N) is 1. The third-order valence-corrected chi connectivity index (χ3v) is 5.98. The molecule has 0 amide bonds. The zero-order chi connectivity index (χ0) is 20.4. The number of nitro groups is 1. The van der Waals surface area contributed by atoms with E-state index in [1.54, 1.807) is 16.9 Å². The van der Waals surface area contributed by atoms with Crippen LogP contribution in [0.15, 0.2) is 24.5 Å². The smallest absolute Gasteiger partial charge is 0.311 e. The number of hydrogen-bond donors (Lipinski definition) is 1. The summed E-state index contributed by atoms with van der Waals surface area (Å²) in [6.45, 7) is 6.18. The van der Waals surface area contributed by atoms with E-state index in [9.17, 15) is 10.1 Å². The summed E-state index contributed by atoms with van der Waals surface area (Å²) in [4.78, 5) is 16.1. The minimum absolute atomic E-state index is 0.0224. The van der Waals surface area contributed by atoms with E-state index in [4.69, 9.17) is 4.74 Å². The molecule has 0 bridgehead atoms. The largest absolute Gasteiger partial charge is 0.490 e. The zero-order valence-corrected chi connectivity index (χ0v) is 17.0. The summed E-state index contributed by atoms with van der Waals surface area (Å²) in [5, 5.41) is 19.2. The summed E-state index contributed by atoms with van der Waals surface area (Å²) in [6, 6.07) is 4.04. The van der Waals surface area contributed by atoms with E-state index in [2.05, 4.69) is 20.2 Å². The number of nitro benzene ring substituents is 1. The number of methoxy groups -OCH3 is 1. The SMILES string of the molecule is COc1cc(N2CCC(N3CCNCC3)CC2)c(-c2cnn(C)c2)cc1[N+](=O)[O-]. The number of piperazine rings is 1. The fourth-order valence-electron chi connectivity index (χ4n) is 4.44. The predicted octanol–water partition coefficient (Wildman–Crippen LogP) is 1.88. The topological polar surface area (TPSA) is 88.7 Å². The first-order chi connectivity index (χ1) is 14.1. The van der Waals surface area contributed by atoms with Crippen molar-refractivity contribution in [3.8, 4) is 16.9 Å². The van der Waals surface area contributed by atoms with Crippen LogP contribution in [0.2, 0.25) is 0 Å². The second kappa shape index (κ2) is 8.38. The van der Waals surface area contributed by atoms with Gasteiger partial charge in [0.05, 0.1) is 18.2 Å². The van der Waals surface area contributed by atoms with Gasteiger partial charge in [0.1, 0.15) is 0 Å². The first kappa shape index (κ1) is 19.7. The first-order valence-electron chi connectivity index (χ1n) is 10.1. The third kappa shape index (κ3) is 4.06. The van der Waals surface area contributed by atoms with Crippen LogP contribution in [0.1, 0.15) is 12.8 Å². The molecule has 0 unspecified atom stereocenters. The number of aryl methyl sites for hydroxylation is 1. The van der Waals surface area contributed by atoms with Crippen molar-refractivity contribution in [2.75, 3.05) is 51.3 Å². The third-order valence-electron chi connectivity index (χ3n) is 5.98. The van der Waals surface area contributed by atoms with Crippen LogP contribution in [-0.4, -0.2) is 72.0 Å². The lowest BCUT2D eigenvalue weighted by Crippen LogP contribution is -2.52. The lowest BCUT2D eigenvalue weighted by atomic mass is 9.98. The summed E-state index contributed by atoms with van der Waals surface area (Å²) in [7, 11) is 3.33. The van der Waals surface area contributed by atoms with E-state index in [0.29, 0.717) is 11.8 Å². The molecule has 0 spiro atoms. The molecule has 2 aromatic rings. The number of piperidine rings is 1. The predicted molar refractivity (Wildman–Crippen MR) is 112 cm³/mol. The van der Waals surface area contributed by atoms with Crippen LogP contribution >= 0.6 is 0 Å². The van der Waals surface area contributed by atoms with E-state index in [1.807, 2.05) is 19.3 Å². The Balaban J connectivity index is 1.63. The summed E-state index contributed by atoms with van der Waals surface area (Å²) in [6.07, 6.45) is 5.82. The number of anilines is 1. The van der Waals surface area contributed by atoms with E-state index >= 15 is 0 Å². The van der Waals surface area contributed by atoms with Crippen LogP contribution in [0.4, 0.5) is 11.4 Å². The summed E-state index contributed by atoms with van der Waals surface area (Å²) in [5.74, 6) is 0.293. The molecule has 0 aliphatic carbocycles. The van der Waals surface area contributed by atoms with Gasteiger partial charge in [-0.15, -0.1) is 0 Å². The van der Waals surface area contributed by atoms with Gasteiger partial charge < -0.3 is 15.0 Å². The maximum absolute atomic E-state index is 11.6. The molecule has 2 fully saturated rings. The van der Waals surface area contributed by atoms with Crippen molar-refractivity contribution in [3.05, 3.63) is 34.6 Å². The molecule has 3 heterocycles. The first-order valence-corrected chi connectivity index (χ1v) is 10.1. The molecule has 1 aromatic heterocycles. The van der Waals surface area contributed by atoms with Gasteiger partial charge in [-0.3, -0.25) is 19.7 Å². The van der Waals surface area contributed by atoms with Gasteiger partial charge in [-0.05, 0) is 12.8 Å². The van der Waals surface area contributed by atoms with Crippen LogP contribution < -0.4 is 15.0 Å². The Morgan fingerprint density at radius 1 is 1.21 bits per heavy atom. The molecule has 156 valence electrons. The second-order valence-corrected chi connectivity index (χ2v) is 7.71. The highest BCUT2D eigenvalue weighted by molar-refractivity contribution is 5.82. The van der Waals surface area contributed by atoms with Gasteiger partial charge in [0.2, 0.25) is 0 Å². The number of rotatable bonds is 5. The van der Waals surface area contributed by atoms with Crippen molar-refractivity contribution in [2.45, 2.75) is 18.9 Å². The molecule has 1 aromatic carbocycles. The lowest BCUT2D eigenvalue weighted by molar-refractivity contribution is -0.385. The van der Waals surface area contributed by atoms with Crippen LogP contribution in [0, 0.1) is 10.1 Å². The van der Waals surface area contributed by atoms with E-state index in [0.717, 1.165) is 68.9 Å². The van der Waals surface area contributed by atoms with Crippen molar-refractivity contribution in [3.63, 3.8) is 0 Å². The highest BCUT2D eigenvalue weighted by atomic mass is 16.6. The van der Waals surface area contributed by atoms with Gasteiger partial charge >= 0.3 is 5.69 Å². The number of hydrogen-bond acceptors (Lipinski definition) is 7. The van der Waals surface area contributed by atoms with Crippen LogP contribution in [-0.2, 0) is 7.05 Å². The summed E-state index contributed by atoms with van der Waals surface area (Å²) < 4.78 is 7.06. The molecule has 4 rings (SSSR count). The van der Waals surface area contributed by atoms with E-state index in [-0.39, 0.29) is 10.6 Å². The molecule has 1 N–H and O–H groups in total. The standard InChI is InChI=1S/C20H28N6O3/c1-23-14-15(13-22-23)17-11-19(26(27)28)20(29-2)12-18(17)25-7-3-16(4-8-25)24-9-5-21-6-10-24/h11-14,16,21H,3-10H2,1-2H3. The second-order valence-electron chi connectivity index (χ2n) is 7.71. The molecule has 2 saturated heterocycles. The molecule has 29 heavy (non-hydrogen) atoms. The average Bonchev–Trinajstić information content (AvgIpc) is 3.19. The number of aromatic nitrogens is 2. The fourth-order valence-corrected chi connectivity index (χ4v) is 4.44. The van der Waals surface area contributed by atoms with Crippen LogP contribution in [0.5, 0.6) is 5.75 Å². The summed E-state index contributed by atoms with van der Waals surface area (Å²) in [5.41, 5.74) is 2.65. The highest BCUT2D eigenvalue weighted by Gasteiger charge is 2.29. The van der Waals surface area contributed by atoms with Crippen LogP contribution in [0.25, 0.3) is 11.1 Å². The van der Waals surface area contributed by atoms with Crippen molar-refractivity contribution < 1.29 is 9.66 Å². The molecule has 2 aliphatic heterocycles. The lowest BCUT2D eigenvalue weighted by Gasteiger charge is -2.41. The number of nitrogens with zero attached hydrogens (tertiary/aromatic N) is 5. The quantitative estimate of drug-likeness (QED) is 0.605. The molecule has 0 saturated carbocycles. The maximum Gasteiger partial charge on any atom is 0.311 e. The zero-order valence-electron chi connectivity index (χ0n) is 17.0. The monoisotopic (exact) mass is 400 g/mol. The molecule has 0 radical (unpaired) electrons. The normalized spacial score (nSPS) is 18.8. The van der Waals surface area contributed by atoms with Gasteiger partial charge in [0, 0.05) is 87.5 Å². The van der Waals surface area contributed by atoms with Crippen molar-refractivity contribution in [1.29, 1.82) is 0 Å². The van der Waals surface area contributed by atoms with Crippen molar-refractivity contribution >= 4 is 11.4 Å². The van der Waals surface area contributed by atoms with Gasteiger partial charge in [0.25, 0.3) is 0 Å². The number of benzene rings is 1. The number of ether oxygens (including phenoxy) is 1. The van der Waals surface area contributed by atoms with Gasteiger partial charge in [-0.2, -0.15) is 5.10 Å². The van der Waals surface area contributed by atoms with Gasteiger partial charge in [-0.25, -0.2) is 0 Å². The Kier molecular flexibility index (Phi) is 5.68. The van der Waals surface area contributed by atoms with Gasteiger partial charge in [-0.1, -0.05) is 0 Å². The molecule has 9 heteroatoms. The van der Waals surface area contributed by atoms with Gasteiger partial charge in [0.15, 0.2) is 5.75 Å². The molecule has 9 nitrogen and oxygen atoms in total. The Morgan fingerprint density at radius 2 is 1.93 bits per heavy atom. The van der Waals surface area contributed by atoms with Crippen LogP contribution in [0.3, 0.4) is 0 Å². The average molecular weight is 400 g/mol. The highest BCUT2D eigenvalue weighted by Crippen LogP contribution is 2.41. The van der Waals surface area contributed by atoms with E-state index in [1.165, 1.54) is 7.11 Å².